The third kappa shape index (κ3) is 3.50. The summed E-state index contributed by atoms with van der Waals surface area (Å²) in [5.74, 6) is 1.02. The molecule has 0 aliphatic rings. The van der Waals surface area contributed by atoms with Crippen LogP contribution in [0.25, 0.3) is 0 Å². The number of nitrogens with one attached hydrogen (secondary N) is 1. The monoisotopic (exact) mass is 210 g/mol. The summed E-state index contributed by atoms with van der Waals surface area (Å²) in [7, 11) is 0. The predicted octanol–water partition coefficient (Wildman–Crippen LogP) is 2.90. The van der Waals surface area contributed by atoms with Gasteiger partial charge >= 0.3 is 0 Å². The van der Waals surface area contributed by atoms with Crippen LogP contribution in [0.1, 0.15) is 32.6 Å². The molecule has 1 N–H and O–H groups in total. The van der Waals surface area contributed by atoms with Crippen molar-refractivity contribution >= 4 is 17.2 Å². The van der Waals surface area contributed by atoms with Gasteiger partial charge in [0, 0.05) is 12.1 Å². The number of nitrogens with zero attached hydrogens (tertiary/aromatic N) is 1. The summed E-state index contributed by atoms with van der Waals surface area (Å²) in [4.78, 5) is 5.79. The van der Waals surface area contributed by atoms with Gasteiger partial charge in [0.1, 0.15) is 5.84 Å². The zero-order valence-electron chi connectivity index (χ0n) is 9.24. The second-order valence-corrected chi connectivity index (χ2v) is 4.80. The van der Waals surface area contributed by atoms with Crippen LogP contribution in [-0.4, -0.2) is 17.9 Å². The van der Waals surface area contributed by atoms with Gasteiger partial charge in [-0.15, -0.1) is 11.3 Å². The molecule has 0 aliphatic carbocycles. The standard InChI is InChI=1S/C11H18N2S/c1-8(2)12-11(13-9(3)4)10-6-5-7-14-10/h5-9H,1-4H3,(H,12,13). The van der Waals surface area contributed by atoms with Crippen LogP contribution in [0, 0.1) is 0 Å². The lowest BCUT2D eigenvalue weighted by Gasteiger charge is -2.12. The molecule has 1 rings (SSSR count). The van der Waals surface area contributed by atoms with E-state index in [-0.39, 0.29) is 0 Å². The van der Waals surface area contributed by atoms with Gasteiger partial charge in [-0.05, 0) is 39.1 Å². The number of aliphatic imine (C=N–C) groups is 1. The first kappa shape index (κ1) is 11.2. The van der Waals surface area contributed by atoms with E-state index >= 15 is 0 Å². The van der Waals surface area contributed by atoms with Crippen molar-refractivity contribution < 1.29 is 0 Å². The van der Waals surface area contributed by atoms with Gasteiger partial charge in [-0.3, -0.25) is 4.99 Å². The molecule has 1 aromatic rings. The first-order valence-corrected chi connectivity index (χ1v) is 5.85. The van der Waals surface area contributed by atoms with Crippen molar-refractivity contribution in [3.8, 4) is 0 Å². The summed E-state index contributed by atoms with van der Waals surface area (Å²) in [6.07, 6.45) is 0. The van der Waals surface area contributed by atoms with E-state index < -0.39 is 0 Å². The fourth-order valence-electron chi connectivity index (χ4n) is 1.12. The molecule has 0 unspecified atom stereocenters. The largest absolute Gasteiger partial charge is 0.367 e. The molecule has 0 radical (unpaired) electrons. The zero-order valence-corrected chi connectivity index (χ0v) is 10.1. The molecular weight excluding hydrogens is 192 g/mol. The maximum Gasteiger partial charge on any atom is 0.138 e. The summed E-state index contributed by atoms with van der Waals surface area (Å²) in [5.41, 5.74) is 0. The smallest absolute Gasteiger partial charge is 0.138 e. The molecule has 0 bridgehead atoms. The molecule has 0 aromatic carbocycles. The van der Waals surface area contributed by atoms with E-state index in [1.165, 1.54) is 4.88 Å². The summed E-state index contributed by atoms with van der Waals surface area (Å²) < 4.78 is 0. The Morgan fingerprint density at radius 2 is 2.07 bits per heavy atom. The number of hydrogen-bond donors (Lipinski definition) is 1. The Kier molecular flexibility index (Phi) is 4.14. The van der Waals surface area contributed by atoms with E-state index in [0.29, 0.717) is 12.1 Å². The van der Waals surface area contributed by atoms with E-state index in [9.17, 15) is 0 Å². The van der Waals surface area contributed by atoms with Gasteiger partial charge in [-0.2, -0.15) is 0 Å². The number of rotatable bonds is 3. The highest BCUT2D eigenvalue weighted by Crippen LogP contribution is 2.10. The second kappa shape index (κ2) is 5.15. The lowest BCUT2D eigenvalue weighted by atomic mass is 10.3. The molecule has 1 heterocycles. The summed E-state index contributed by atoms with van der Waals surface area (Å²) in [6, 6.07) is 4.91. The summed E-state index contributed by atoms with van der Waals surface area (Å²) >= 11 is 1.72. The van der Waals surface area contributed by atoms with Crippen LogP contribution < -0.4 is 5.32 Å². The summed E-state index contributed by atoms with van der Waals surface area (Å²) in [6.45, 7) is 8.44. The molecule has 2 nitrogen and oxygen atoms in total. The molecule has 0 aliphatic heterocycles. The lowest BCUT2D eigenvalue weighted by Crippen LogP contribution is -2.31. The van der Waals surface area contributed by atoms with Gasteiger partial charge in [-0.25, -0.2) is 0 Å². The van der Waals surface area contributed by atoms with Crippen molar-refractivity contribution in [1.82, 2.24) is 5.32 Å². The van der Waals surface area contributed by atoms with Crippen LogP contribution in [0.15, 0.2) is 22.5 Å². The van der Waals surface area contributed by atoms with Gasteiger partial charge < -0.3 is 5.32 Å². The van der Waals surface area contributed by atoms with E-state index in [0.717, 1.165) is 5.84 Å². The predicted molar refractivity (Wildman–Crippen MR) is 64.3 cm³/mol. The van der Waals surface area contributed by atoms with Crippen molar-refractivity contribution in [3.63, 3.8) is 0 Å². The van der Waals surface area contributed by atoms with Crippen LogP contribution in [0.4, 0.5) is 0 Å². The van der Waals surface area contributed by atoms with Gasteiger partial charge in [0.2, 0.25) is 0 Å². The van der Waals surface area contributed by atoms with Crippen molar-refractivity contribution in [1.29, 1.82) is 0 Å². The molecule has 0 saturated heterocycles. The van der Waals surface area contributed by atoms with E-state index in [4.69, 9.17) is 0 Å². The van der Waals surface area contributed by atoms with Gasteiger partial charge in [0.25, 0.3) is 0 Å². The maximum absolute atomic E-state index is 4.58. The number of amidine groups is 1. The lowest BCUT2D eigenvalue weighted by molar-refractivity contribution is 0.720. The van der Waals surface area contributed by atoms with Gasteiger partial charge in [0.05, 0.1) is 4.88 Å². The Hall–Kier alpha value is -0.830. The molecular formula is C11H18N2S. The molecule has 0 spiro atoms. The van der Waals surface area contributed by atoms with Crippen molar-refractivity contribution in [3.05, 3.63) is 22.4 Å². The van der Waals surface area contributed by atoms with Crippen LogP contribution in [-0.2, 0) is 0 Å². The number of thiophene rings is 1. The summed E-state index contributed by atoms with van der Waals surface area (Å²) in [5, 5.41) is 5.45. The fraction of sp³-hybridized carbons (Fsp3) is 0.545. The van der Waals surface area contributed by atoms with Crippen molar-refractivity contribution in [2.75, 3.05) is 0 Å². The third-order valence-corrected chi connectivity index (χ3v) is 2.44. The van der Waals surface area contributed by atoms with Crippen LogP contribution >= 0.6 is 11.3 Å². The molecule has 0 atom stereocenters. The molecule has 0 saturated carbocycles. The van der Waals surface area contributed by atoms with Crippen molar-refractivity contribution in [2.45, 2.75) is 39.8 Å². The average Bonchev–Trinajstić information content (AvgIpc) is 2.52. The van der Waals surface area contributed by atoms with Crippen molar-refractivity contribution in [2.24, 2.45) is 4.99 Å². The van der Waals surface area contributed by atoms with Crippen LogP contribution in [0.3, 0.4) is 0 Å². The molecule has 3 heteroatoms. The van der Waals surface area contributed by atoms with E-state index in [1.807, 2.05) is 0 Å². The second-order valence-electron chi connectivity index (χ2n) is 3.85. The molecule has 0 fully saturated rings. The van der Waals surface area contributed by atoms with E-state index in [1.54, 1.807) is 11.3 Å². The minimum absolute atomic E-state index is 0.332. The highest BCUT2D eigenvalue weighted by Gasteiger charge is 2.06. The third-order valence-electron chi connectivity index (χ3n) is 1.57. The molecule has 14 heavy (non-hydrogen) atoms. The first-order valence-electron chi connectivity index (χ1n) is 4.98. The average molecular weight is 210 g/mol. The Morgan fingerprint density at radius 3 is 2.50 bits per heavy atom. The quantitative estimate of drug-likeness (QED) is 0.602. The molecule has 1 aromatic heterocycles. The number of hydrogen-bond acceptors (Lipinski definition) is 2. The van der Waals surface area contributed by atoms with Crippen LogP contribution in [0.2, 0.25) is 0 Å². The minimum Gasteiger partial charge on any atom is -0.367 e. The fourth-order valence-corrected chi connectivity index (χ4v) is 1.80. The Morgan fingerprint density at radius 1 is 1.36 bits per heavy atom. The first-order chi connectivity index (χ1) is 6.59. The van der Waals surface area contributed by atoms with Gasteiger partial charge in [0.15, 0.2) is 0 Å². The van der Waals surface area contributed by atoms with Gasteiger partial charge in [-0.1, -0.05) is 6.07 Å². The van der Waals surface area contributed by atoms with Crippen LogP contribution in [0.5, 0.6) is 0 Å². The van der Waals surface area contributed by atoms with E-state index in [2.05, 4.69) is 55.5 Å². The molecule has 0 amide bonds. The Balaban J connectivity index is 2.83. The molecule has 78 valence electrons. The highest BCUT2D eigenvalue weighted by molar-refractivity contribution is 7.12. The topological polar surface area (TPSA) is 24.4 Å². The normalized spacial score (nSPS) is 12.6. The minimum atomic E-state index is 0.332. The maximum atomic E-state index is 4.58. The Bertz CT molecular complexity index is 286. The zero-order chi connectivity index (χ0) is 10.6. The highest BCUT2D eigenvalue weighted by atomic mass is 32.1. The SMILES string of the molecule is CC(C)N=C(NC(C)C)c1cccs1. The Labute approximate surface area is 90.1 Å².